The van der Waals surface area contributed by atoms with Crippen molar-refractivity contribution >= 4 is 35.2 Å². The average Bonchev–Trinajstić information content (AvgIpc) is 3.12. The minimum Gasteiger partial charge on any atom is -0.457 e. The quantitative estimate of drug-likeness (QED) is 0.694. The SMILES string of the molecule is COCC(C)OC(=O)c1cc(N2C(=O)C3CCCC3N(C)C2=O)c(F)cc1Cl. The molecule has 1 aliphatic carbocycles. The van der Waals surface area contributed by atoms with Gasteiger partial charge in [-0.05, 0) is 31.9 Å². The van der Waals surface area contributed by atoms with E-state index in [1.54, 1.807) is 14.0 Å². The zero-order valence-corrected chi connectivity index (χ0v) is 16.7. The summed E-state index contributed by atoms with van der Waals surface area (Å²) in [4.78, 5) is 40.3. The topological polar surface area (TPSA) is 76.2 Å². The van der Waals surface area contributed by atoms with Crippen LogP contribution in [-0.2, 0) is 14.3 Å². The summed E-state index contributed by atoms with van der Waals surface area (Å²) in [5.74, 6) is -2.49. The number of anilines is 1. The molecular weight excluding hydrogens is 391 g/mol. The molecule has 1 saturated carbocycles. The van der Waals surface area contributed by atoms with E-state index in [2.05, 4.69) is 0 Å². The number of ether oxygens (including phenoxy) is 2. The molecule has 0 bridgehead atoms. The standard InChI is InChI=1S/C19H22ClFN2O5/c1-10(9-27-3)28-18(25)12-7-16(14(21)8-13(12)20)23-17(24)11-5-4-6-15(11)22(2)19(23)26/h7-8,10-11,15H,4-6,9H2,1-3H3. The van der Waals surface area contributed by atoms with Crippen molar-refractivity contribution in [2.24, 2.45) is 5.92 Å². The highest BCUT2D eigenvalue weighted by atomic mass is 35.5. The number of carbonyl (C=O) groups is 3. The van der Waals surface area contributed by atoms with E-state index in [0.29, 0.717) is 6.42 Å². The molecule has 3 amide bonds. The fraction of sp³-hybridized carbons (Fsp3) is 0.526. The number of hydrogen-bond acceptors (Lipinski definition) is 5. The minimum atomic E-state index is -0.863. The van der Waals surface area contributed by atoms with Crippen LogP contribution < -0.4 is 4.90 Å². The number of urea groups is 1. The van der Waals surface area contributed by atoms with E-state index in [4.69, 9.17) is 21.1 Å². The smallest absolute Gasteiger partial charge is 0.340 e. The number of imide groups is 1. The maximum absolute atomic E-state index is 14.7. The van der Waals surface area contributed by atoms with Crippen LogP contribution in [0.4, 0.5) is 14.9 Å². The predicted molar refractivity (Wildman–Crippen MR) is 99.9 cm³/mol. The minimum absolute atomic E-state index is 0.127. The molecule has 1 heterocycles. The lowest BCUT2D eigenvalue weighted by molar-refractivity contribution is -0.124. The molecule has 0 radical (unpaired) electrons. The van der Waals surface area contributed by atoms with Crippen LogP contribution in [0.3, 0.4) is 0 Å². The average molecular weight is 413 g/mol. The number of methoxy groups -OCH3 is 1. The fourth-order valence-corrected chi connectivity index (χ4v) is 4.08. The van der Waals surface area contributed by atoms with Crippen molar-refractivity contribution in [2.45, 2.75) is 38.3 Å². The first-order chi connectivity index (χ1) is 13.3. The van der Waals surface area contributed by atoms with Crippen LogP contribution >= 0.6 is 11.6 Å². The third-order valence-corrected chi connectivity index (χ3v) is 5.53. The van der Waals surface area contributed by atoms with E-state index in [-0.39, 0.29) is 34.8 Å². The van der Waals surface area contributed by atoms with Gasteiger partial charge in [0.25, 0.3) is 0 Å². The number of benzene rings is 1. The third-order valence-electron chi connectivity index (χ3n) is 5.21. The van der Waals surface area contributed by atoms with E-state index in [0.717, 1.165) is 29.9 Å². The lowest BCUT2D eigenvalue weighted by atomic mass is 9.97. The molecule has 3 atom stereocenters. The van der Waals surface area contributed by atoms with Gasteiger partial charge in [0.1, 0.15) is 11.9 Å². The normalized spacial score (nSPS) is 23.0. The maximum atomic E-state index is 14.7. The molecule has 0 N–H and O–H groups in total. The molecule has 3 rings (SSSR count). The van der Waals surface area contributed by atoms with Gasteiger partial charge in [0.15, 0.2) is 0 Å². The van der Waals surface area contributed by atoms with Crippen LogP contribution in [0.2, 0.25) is 5.02 Å². The van der Waals surface area contributed by atoms with E-state index in [1.807, 2.05) is 0 Å². The molecule has 1 aromatic rings. The lowest BCUT2D eigenvalue weighted by Crippen LogP contribution is -2.59. The van der Waals surface area contributed by atoms with Crippen LogP contribution in [-0.4, -0.2) is 55.7 Å². The van der Waals surface area contributed by atoms with Crippen molar-refractivity contribution in [2.75, 3.05) is 25.7 Å². The van der Waals surface area contributed by atoms with Crippen molar-refractivity contribution in [3.8, 4) is 0 Å². The van der Waals surface area contributed by atoms with Crippen molar-refractivity contribution in [3.63, 3.8) is 0 Å². The first-order valence-electron chi connectivity index (χ1n) is 9.06. The van der Waals surface area contributed by atoms with Crippen molar-refractivity contribution in [3.05, 3.63) is 28.5 Å². The summed E-state index contributed by atoms with van der Waals surface area (Å²) < 4.78 is 24.8. The van der Waals surface area contributed by atoms with Crippen molar-refractivity contribution in [1.29, 1.82) is 0 Å². The van der Waals surface area contributed by atoms with Crippen LogP contribution in [0.15, 0.2) is 12.1 Å². The zero-order chi connectivity index (χ0) is 20.6. The molecule has 0 aromatic heterocycles. The third kappa shape index (κ3) is 3.58. The number of esters is 1. The fourth-order valence-electron chi connectivity index (χ4n) is 3.85. The monoisotopic (exact) mass is 412 g/mol. The largest absolute Gasteiger partial charge is 0.457 e. The molecule has 1 aromatic carbocycles. The van der Waals surface area contributed by atoms with Gasteiger partial charge in [0.05, 0.1) is 28.8 Å². The molecule has 2 aliphatic rings. The molecule has 28 heavy (non-hydrogen) atoms. The van der Waals surface area contributed by atoms with E-state index in [1.165, 1.54) is 12.0 Å². The summed E-state index contributed by atoms with van der Waals surface area (Å²) in [6.07, 6.45) is 1.65. The Balaban J connectivity index is 1.96. The van der Waals surface area contributed by atoms with Gasteiger partial charge in [-0.1, -0.05) is 18.0 Å². The van der Waals surface area contributed by atoms with Gasteiger partial charge >= 0.3 is 12.0 Å². The molecule has 3 unspecified atom stereocenters. The summed E-state index contributed by atoms with van der Waals surface area (Å²) in [6, 6.07) is 1.21. The number of amides is 3. The number of nitrogens with zero attached hydrogens (tertiary/aromatic N) is 2. The van der Waals surface area contributed by atoms with Gasteiger partial charge in [0.2, 0.25) is 5.91 Å². The Kier molecular flexibility index (Phi) is 5.90. The van der Waals surface area contributed by atoms with Gasteiger partial charge in [-0.15, -0.1) is 0 Å². The Morgan fingerprint density at radius 2 is 2.07 bits per heavy atom. The summed E-state index contributed by atoms with van der Waals surface area (Å²) >= 11 is 6.02. The van der Waals surface area contributed by atoms with Gasteiger partial charge in [0, 0.05) is 20.2 Å². The summed E-state index contributed by atoms with van der Waals surface area (Å²) in [6.45, 7) is 1.81. The molecule has 2 fully saturated rings. The Bertz CT molecular complexity index is 818. The molecule has 1 saturated heterocycles. The Labute approximate surface area is 167 Å². The van der Waals surface area contributed by atoms with Crippen molar-refractivity contribution < 1.29 is 28.2 Å². The number of rotatable bonds is 5. The summed E-state index contributed by atoms with van der Waals surface area (Å²) in [7, 11) is 3.06. The highest BCUT2D eigenvalue weighted by molar-refractivity contribution is 6.34. The van der Waals surface area contributed by atoms with Gasteiger partial charge in [-0.2, -0.15) is 0 Å². The Morgan fingerprint density at radius 3 is 2.75 bits per heavy atom. The first kappa shape index (κ1) is 20.5. The highest BCUT2D eigenvalue weighted by Crippen LogP contribution is 2.38. The predicted octanol–water partition coefficient (Wildman–Crippen LogP) is 3.24. The van der Waals surface area contributed by atoms with Gasteiger partial charge < -0.3 is 14.4 Å². The second-order valence-electron chi connectivity index (χ2n) is 7.13. The molecule has 152 valence electrons. The van der Waals surface area contributed by atoms with Crippen LogP contribution in [0.25, 0.3) is 0 Å². The summed E-state index contributed by atoms with van der Waals surface area (Å²) in [5, 5.41) is -0.167. The second-order valence-corrected chi connectivity index (χ2v) is 7.53. The molecule has 1 aliphatic heterocycles. The molecule has 9 heteroatoms. The van der Waals surface area contributed by atoms with Crippen LogP contribution in [0, 0.1) is 11.7 Å². The van der Waals surface area contributed by atoms with Crippen LogP contribution in [0.5, 0.6) is 0 Å². The maximum Gasteiger partial charge on any atom is 0.340 e. The Hall–Kier alpha value is -2.19. The Morgan fingerprint density at radius 1 is 1.36 bits per heavy atom. The number of fused-ring (bicyclic) bond motifs is 1. The van der Waals surface area contributed by atoms with E-state index in [9.17, 15) is 18.8 Å². The zero-order valence-electron chi connectivity index (χ0n) is 15.9. The van der Waals surface area contributed by atoms with Crippen LogP contribution in [0.1, 0.15) is 36.5 Å². The first-order valence-corrected chi connectivity index (χ1v) is 9.43. The number of halogens is 2. The number of carbonyl (C=O) groups excluding carboxylic acids is 3. The molecule has 0 spiro atoms. The molecule has 7 nitrogen and oxygen atoms in total. The van der Waals surface area contributed by atoms with Gasteiger partial charge in [-0.3, -0.25) is 4.79 Å². The lowest BCUT2D eigenvalue weighted by Gasteiger charge is -2.40. The highest BCUT2D eigenvalue weighted by Gasteiger charge is 2.48. The van der Waals surface area contributed by atoms with E-state index >= 15 is 0 Å². The van der Waals surface area contributed by atoms with E-state index < -0.39 is 29.8 Å². The summed E-state index contributed by atoms with van der Waals surface area (Å²) in [5.41, 5.74) is -0.430. The van der Waals surface area contributed by atoms with Crippen molar-refractivity contribution in [1.82, 2.24) is 4.90 Å². The number of hydrogen-bond donors (Lipinski definition) is 0. The molecular formula is C19H22ClFN2O5. The van der Waals surface area contributed by atoms with Gasteiger partial charge in [-0.25, -0.2) is 18.9 Å². The second kappa shape index (κ2) is 8.05.